The van der Waals surface area contributed by atoms with Crippen LogP contribution in [0.5, 0.6) is 5.75 Å². The highest BCUT2D eigenvalue weighted by molar-refractivity contribution is 9.10. The molecule has 1 fully saturated rings. The third-order valence-electron chi connectivity index (χ3n) is 5.55. The molecule has 1 heterocycles. The van der Waals surface area contributed by atoms with Gasteiger partial charge in [0, 0.05) is 23.0 Å². The third kappa shape index (κ3) is 4.91. The first-order chi connectivity index (χ1) is 14.8. The molecular formula is C21H25BrN2O7. The number of likely N-dealkylation sites (tertiary alicyclic amines) is 1. The number of halogens is 1. The van der Waals surface area contributed by atoms with Crippen molar-refractivity contribution in [2.75, 3.05) is 20.8 Å². The Morgan fingerprint density at radius 3 is 2.65 bits per heavy atom. The minimum atomic E-state index is -1.29. The van der Waals surface area contributed by atoms with Crippen LogP contribution in [0, 0.1) is 0 Å². The second-order valence-corrected chi connectivity index (χ2v) is 8.33. The molecule has 1 aromatic carbocycles. The van der Waals surface area contributed by atoms with Crippen molar-refractivity contribution in [2.45, 2.75) is 43.6 Å². The minimum absolute atomic E-state index is 0.0837. The summed E-state index contributed by atoms with van der Waals surface area (Å²) in [5.74, 6) is -0.941. The smallest absolute Gasteiger partial charge is 0.328 e. The van der Waals surface area contributed by atoms with E-state index in [9.17, 15) is 24.6 Å². The largest absolute Gasteiger partial charge is 0.497 e. The standard InChI is InChI=1S/C21H25BrN2O7/c1-30-12-5-6-14(22)13(10-12)19(27)23-15-8-11(9-17(25)18(15)26)20(28)24-7-3-4-16(24)21(29)31-2/h5-6,8,10,15-18,25-26H,3-4,7,9H2,1-2H3,(H,23,27)/t15-,16-,17-,18-/m1/s1. The van der Waals surface area contributed by atoms with Gasteiger partial charge in [0.1, 0.15) is 17.9 Å². The number of hydrogen-bond donors (Lipinski definition) is 3. The molecule has 0 bridgehead atoms. The Morgan fingerprint density at radius 1 is 1.23 bits per heavy atom. The van der Waals surface area contributed by atoms with Gasteiger partial charge in [-0.25, -0.2) is 4.79 Å². The Hall–Kier alpha value is -2.43. The number of carbonyl (C=O) groups is 3. The number of rotatable bonds is 5. The molecule has 9 nitrogen and oxygen atoms in total. The molecule has 31 heavy (non-hydrogen) atoms. The maximum Gasteiger partial charge on any atom is 0.328 e. The Kier molecular flexibility index (Phi) is 7.34. The van der Waals surface area contributed by atoms with Crippen molar-refractivity contribution in [1.29, 1.82) is 0 Å². The molecule has 2 aliphatic rings. The zero-order valence-corrected chi connectivity index (χ0v) is 18.8. The average molecular weight is 497 g/mol. The van der Waals surface area contributed by atoms with E-state index in [-0.39, 0.29) is 17.6 Å². The van der Waals surface area contributed by atoms with E-state index in [0.29, 0.717) is 29.6 Å². The highest BCUT2D eigenvalue weighted by Gasteiger charge is 2.40. The molecule has 3 rings (SSSR count). The summed E-state index contributed by atoms with van der Waals surface area (Å²) in [5, 5.41) is 23.4. The number of carbonyl (C=O) groups excluding carboxylic acids is 3. The monoisotopic (exact) mass is 496 g/mol. The summed E-state index contributed by atoms with van der Waals surface area (Å²) in [6.07, 6.45) is -0.0191. The summed E-state index contributed by atoms with van der Waals surface area (Å²) in [6, 6.07) is 3.21. The maximum absolute atomic E-state index is 13.0. The van der Waals surface area contributed by atoms with Crippen LogP contribution in [-0.2, 0) is 14.3 Å². The molecule has 10 heteroatoms. The zero-order chi connectivity index (χ0) is 22.7. The molecule has 0 spiro atoms. The number of amides is 2. The lowest BCUT2D eigenvalue weighted by molar-refractivity contribution is -0.150. The number of methoxy groups -OCH3 is 2. The van der Waals surface area contributed by atoms with Crippen molar-refractivity contribution in [2.24, 2.45) is 0 Å². The molecule has 1 aromatic rings. The van der Waals surface area contributed by atoms with Crippen molar-refractivity contribution in [1.82, 2.24) is 10.2 Å². The van der Waals surface area contributed by atoms with Crippen molar-refractivity contribution in [3.05, 3.63) is 39.9 Å². The number of aliphatic hydroxyl groups excluding tert-OH is 2. The van der Waals surface area contributed by atoms with Crippen LogP contribution >= 0.6 is 15.9 Å². The van der Waals surface area contributed by atoms with Crippen molar-refractivity contribution in [3.63, 3.8) is 0 Å². The summed E-state index contributed by atoms with van der Waals surface area (Å²) < 4.78 is 10.4. The SMILES string of the molecule is COC(=O)[C@H]1CCCN1C(=O)C1=C[C@@H](NC(=O)c2cc(OC)ccc2Br)[C@@H](O)[C@H](O)C1. The highest BCUT2D eigenvalue weighted by Crippen LogP contribution is 2.27. The van der Waals surface area contributed by atoms with E-state index in [2.05, 4.69) is 21.2 Å². The number of esters is 1. The van der Waals surface area contributed by atoms with E-state index in [4.69, 9.17) is 9.47 Å². The molecule has 0 unspecified atom stereocenters. The van der Waals surface area contributed by atoms with Gasteiger partial charge in [0.2, 0.25) is 5.91 Å². The molecule has 3 N–H and O–H groups in total. The van der Waals surface area contributed by atoms with E-state index in [1.165, 1.54) is 31.3 Å². The van der Waals surface area contributed by atoms with Crippen molar-refractivity contribution >= 4 is 33.7 Å². The summed E-state index contributed by atoms with van der Waals surface area (Å²) in [7, 11) is 2.75. The van der Waals surface area contributed by atoms with Gasteiger partial charge in [-0.3, -0.25) is 9.59 Å². The summed E-state index contributed by atoms with van der Waals surface area (Å²) in [5.41, 5.74) is 0.502. The third-order valence-corrected chi connectivity index (χ3v) is 6.24. The second-order valence-electron chi connectivity index (χ2n) is 7.48. The summed E-state index contributed by atoms with van der Waals surface area (Å²) in [6.45, 7) is 0.391. The summed E-state index contributed by atoms with van der Waals surface area (Å²) in [4.78, 5) is 39.2. The first-order valence-electron chi connectivity index (χ1n) is 9.86. The molecule has 0 radical (unpaired) electrons. The van der Waals surface area contributed by atoms with E-state index in [0.717, 1.165) is 0 Å². The van der Waals surface area contributed by atoms with Gasteiger partial charge in [-0.05, 0) is 47.0 Å². The average Bonchev–Trinajstić information content (AvgIpc) is 3.25. The van der Waals surface area contributed by atoms with Crippen LogP contribution in [0.25, 0.3) is 0 Å². The fraction of sp³-hybridized carbons (Fsp3) is 0.476. The van der Waals surface area contributed by atoms with Gasteiger partial charge in [0.05, 0.1) is 31.9 Å². The zero-order valence-electron chi connectivity index (χ0n) is 17.2. The molecule has 4 atom stereocenters. The van der Waals surface area contributed by atoms with Crippen molar-refractivity contribution in [3.8, 4) is 5.75 Å². The molecular weight excluding hydrogens is 472 g/mol. The predicted octanol–water partition coefficient (Wildman–Crippen LogP) is 0.772. The van der Waals surface area contributed by atoms with Crippen molar-refractivity contribution < 1.29 is 34.1 Å². The number of hydrogen-bond acceptors (Lipinski definition) is 7. The molecule has 1 saturated heterocycles. The molecule has 168 valence electrons. The van der Waals surface area contributed by atoms with Gasteiger partial charge in [0.15, 0.2) is 0 Å². The van der Waals surface area contributed by atoms with E-state index < -0.39 is 42.1 Å². The Balaban J connectivity index is 1.82. The first kappa shape index (κ1) is 23.2. The van der Waals surface area contributed by atoms with Crippen LogP contribution in [0.15, 0.2) is 34.3 Å². The van der Waals surface area contributed by atoms with Crippen LogP contribution in [0.2, 0.25) is 0 Å². The Labute approximate surface area is 188 Å². The van der Waals surface area contributed by atoms with Gasteiger partial charge >= 0.3 is 5.97 Å². The van der Waals surface area contributed by atoms with E-state index in [1.807, 2.05) is 0 Å². The van der Waals surface area contributed by atoms with Gasteiger partial charge in [-0.15, -0.1) is 0 Å². The second kappa shape index (κ2) is 9.80. The highest BCUT2D eigenvalue weighted by atomic mass is 79.9. The summed E-state index contributed by atoms with van der Waals surface area (Å²) >= 11 is 3.31. The van der Waals surface area contributed by atoms with Crippen LogP contribution in [0.3, 0.4) is 0 Å². The number of nitrogens with zero attached hydrogens (tertiary/aromatic N) is 1. The molecule has 1 aliphatic carbocycles. The molecule has 0 aromatic heterocycles. The lowest BCUT2D eigenvalue weighted by Crippen LogP contribution is -2.51. The number of ether oxygens (including phenoxy) is 2. The molecule has 0 saturated carbocycles. The molecule has 1 aliphatic heterocycles. The quantitative estimate of drug-likeness (QED) is 0.514. The van der Waals surface area contributed by atoms with E-state index >= 15 is 0 Å². The topological polar surface area (TPSA) is 125 Å². The fourth-order valence-electron chi connectivity index (χ4n) is 3.86. The first-order valence-corrected chi connectivity index (χ1v) is 10.7. The normalized spacial score (nSPS) is 25.6. The molecule has 2 amide bonds. The van der Waals surface area contributed by atoms with Crippen LogP contribution in [-0.4, -0.2) is 78.0 Å². The Morgan fingerprint density at radius 2 is 1.97 bits per heavy atom. The number of aliphatic hydroxyl groups is 2. The predicted molar refractivity (Wildman–Crippen MR) is 113 cm³/mol. The van der Waals surface area contributed by atoms with Crippen LogP contribution < -0.4 is 10.1 Å². The Bertz CT molecular complexity index is 904. The number of benzene rings is 1. The fourth-order valence-corrected chi connectivity index (χ4v) is 4.29. The van der Waals surface area contributed by atoms with Gasteiger partial charge < -0.3 is 29.9 Å². The van der Waals surface area contributed by atoms with Gasteiger partial charge in [0.25, 0.3) is 5.91 Å². The lowest BCUT2D eigenvalue weighted by Gasteiger charge is -2.33. The minimum Gasteiger partial charge on any atom is -0.497 e. The number of nitrogens with one attached hydrogen (secondary N) is 1. The van der Waals surface area contributed by atoms with Crippen LogP contribution in [0.4, 0.5) is 0 Å². The van der Waals surface area contributed by atoms with Gasteiger partial charge in [-0.1, -0.05) is 6.08 Å². The van der Waals surface area contributed by atoms with Gasteiger partial charge in [-0.2, -0.15) is 0 Å². The maximum atomic E-state index is 13.0. The van der Waals surface area contributed by atoms with Crippen LogP contribution in [0.1, 0.15) is 29.6 Å². The lowest BCUT2D eigenvalue weighted by atomic mass is 9.89. The van der Waals surface area contributed by atoms with E-state index in [1.54, 1.807) is 12.1 Å².